The summed E-state index contributed by atoms with van der Waals surface area (Å²) >= 11 is 1.47. The zero-order chi connectivity index (χ0) is 20.1. The van der Waals surface area contributed by atoms with Crippen molar-refractivity contribution in [1.82, 2.24) is 25.1 Å². The number of fused-ring (bicyclic) bond motifs is 1. The zero-order valence-electron chi connectivity index (χ0n) is 15.9. The number of rotatable bonds is 7. The third-order valence-corrected chi connectivity index (χ3v) is 4.49. The molecular weight excluding hydrogens is 374 g/mol. The predicted octanol–water partition coefficient (Wildman–Crippen LogP) is 2.67. The second-order valence-corrected chi connectivity index (χ2v) is 7.18. The van der Waals surface area contributed by atoms with Crippen LogP contribution < -0.4 is 10.6 Å². The van der Waals surface area contributed by atoms with Crippen molar-refractivity contribution in [3.05, 3.63) is 41.6 Å². The maximum absolute atomic E-state index is 12.3. The van der Waals surface area contributed by atoms with E-state index in [2.05, 4.69) is 25.7 Å². The van der Waals surface area contributed by atoms with Crippen LogP contribution in [0.2, 0.25) is 0 Å². The second-order valence-electron chi connectivity index (χ2n) is 6.41. The molecule has 0 bridgehead atoms. The lowest BCUT2D eigenvalue weighted by atomic mass is 10.1. The molecule has 1 amide bonds. The SMILES string of the molecule is CSc1nc(NC(C)C)c2cnn(CCNC(=O)c3cccc(C#N)c3)c2n1. The number of aromatic nitrogens is 4. The zero-order valence-corrected chi connectivity index (χ0v) is 16.7. The van der Waals surface area contributed by atoms with Crippen LogP contribution >= 0.6 is 11.8 Å². The summed E-state index contributed by atoms with van der Waals surface area (Å²) < 4.78 is 1.76. The topological polar surface area (TPSA) is 109 Å². The molecule has 2 heterocycles. The molecule has 8 nitrogen and oxygen atoms in total. The molecule has 144 valence electrons. The van der Waals surface area contributed by atoms with Gasteiger partial charge in [0, 0.05) is 18.2 Å². The lowest BCUT2D eigenvalue weighted by Gasteiger charge is -2.11. The number of anilines is 1. The molecule has 3 rings (SSSR count). The van der Waals surface area contributed by atoms with E-state index in [1.165, 1.54) is 11.8 Å². The quantitative estimate of drug-likeness (QED) is 0.468. The molecule has 9 heteroatoms. The van der Waals surface area contributed by atoms with Gasteiger partial charge in [0.05, 0.1) is 29.8 Å². The van der Waals surface area contributed by atoms with Crippen molar-refractivity contribution in [2.24, 2.45) is 0 Å². The molecule has 2 aromatic heterocycles. The Morgan fingerprint density at radius 2 is 2.18 bits per heavy atom. The monoisotopic (exact) mass is 395 g/mol. The van der Waals surface area contributed by atoms with Crippen LogP contribution in [0.25, 0.3) is 11.0 Å². The normalized spacial score (nSPS) is 10.8. The van der Waals surface area contributed by atoms with Crippen LogP contribution in [-0.4, -0.2) is 44.5 Å². The fraction of sp³-hybridized carbons (Fsp3) is 0.316. The van der Waals surface area contributed by atoms with Crippen molar-refractivity contribution >= 4 is 34.5 Å². The van der Waals surface area contributed by atoms with Crippen molar-refractivity contribution < 1.29 is 4.79 Å². The van der Waals surface area contributed by atoms with E-state index in [0.717, 1.165) is 16.9 Å². The Hall–Kier alpha value is -3.12. The summed E-state index contributed by atoms with van der Waals surface area (Å²) in [5.41, 5.74) is 1.64. The molecule has 0 unspecified atom stereocenters. The van der Waals surface area contributed by atoms with Crippen molar-refractivity contribution in [3.63, 3.8) is 0 Å². The first-order valence-corrected chi connectivity index (χ1v) is 10.1. The van der Waals surface area contributed by atoms with E-state index in [9.17, 15) is 4.79 Å². The molecule has 28 heavy (non-hydrogen) atoms. The smallest absolute Gasteiger partial charge is 0.251 e. The highest BCUT2D eigenvalue weighted by molar-refractivity contribution is 7.98. The number of thioether (sulfide) groups is 1. The van der Waals surface area contributed by atoms with Gasteiger partial charge in [-0.3, -0.25) is 4.79 Å². The second kappa shape index (κ2) is 8.71. The standard InChI is InChI=1S/C19H21N7OS/c1-12(2)23-16-15-11-22-26(17(15)25-19(24-16)28-3)8-7-21-18(27)14-6-4-5-13(9-14)10-20/h4-6,9,11-12H,7-8H2,1-3H3,(H,21,27)(H,23,24,25). The molecule has 0 saturated heterocycles. The van der Waals surface area contributed by atoms with Crippen molar-refractivity contribution in [2.45, 2.75) is 31.6 Å². The number of nitriles is 1. The van der Waals surface area contributed by atoms with Gasteiger partial charge in [-0.05, 0) is 38.3 Å². The van der Waals surface area contributed by atoms with Crippen LogP contribution in [0.3, 0.4) is 0 Å². The summed E-state index contributed by atoms with van der Waals surface area (Å²) in [6.45, 7) is 4.96. The molecule has 0 fully saturated rings. The van der Waals surface area contributed by atoms with Crippen LogP contribution in [0.1, 0.15) is 29.8 Å². The van der Waals surface area contributed by atoms with Gasteiger partial charge in [0.1, 0.15) is 5.82 Å². The summed E-state index contributed by atoms with van der Waals surface area (Å²) in [4.78, 5) is 21.4. The van der Waals surface area contributed by atoms with Gasteiger partial charge in [-0.25, -0.2) is 14.6 Å². The molecule has 1 aromatic carbocycles. The first-order chi connectivity index (χ1) is 13.5. The van der Waals surface area contributed by atoms with Crippen molar-refractivity contribution in [3.8, 4) is 6.07 Å². The highest BCUT2D eigenvalue weighted by atomic mass is 32.2. The Labute approximate surface area is 167 Å². The number of hydrogen-bond donors (Lipinski definition) is 2. The molecule has 0 radical (unpaired) electrons. The Balaban J connectivity index is 1.74. The molecule has 0 aliphatic heterocycles. The van der Waals surface area contributed by atoms with E-state index in [4.69, 9.17) is 5.26 Å². The lowest BCUT2D eigenvalue weighted by molar-refractivity contribution is 0.0952. The number of hydrogen-bond acceptors (Lipinski definition) is 7. The van der Waals surface area contributed by atoms with Crippen LogP contribution in [0.4, 0.5) is 5.82 Å². The average Bonchev–Trinajstić information content (AvgIpc) is 3.10. The van der Waals surface area contributed by atoms with E-state index in [0.29, 0.717) is 29.4 Å². The minimum atomic E-state index is -0.227. The summed E-state index contributed by atoms with van der Waals surface area (Å²) in [6.07, 6.45) is 3.67. The van der Waals surface area contributed by atoms with Gasteiger partial charge >= 0.3 is 0 Å². The van der Waals surface area contributed by atoms with Gasteiger partial charge in [-0.15, -0.1) is 0 Å². The lowest BCUT2D eigenvalue weighted by Crippen LogP contribution is -2.27. The number of nitrogens with one attached hydrogen (secondary N) is 2. The minimum Gasteiger partial charge on any atom is -0.367 e. The fourth-order valence-corrected chi connectivity index (χ4v) is 3.04. The molecular formula is C19H21N7OS. The fourth-order valence-electron chi connectivity index (χ4n) is 2.68. The minimum absolute atomic E-state index is 0.227. The van der Waals surface area contributed by atoms with Gasteiger partial charge in [0.2, 0.25) is 0 Å². The third-order valence-electron chi connectivity index (χ3n) is 3.95. The number of carbonyl (C=O) groups excluding carboxylic acids is 1. The highest BCUT2D eigenvalue weighted by Gasteiger charge is 2.14. The number of benzene rings is 1. The van der Waals surface area contributed by atoms with Crippen molar-refractivity contribution in [2.75, 3.05) is 18.1 Å². The number of carbonyl (C=O) groups is 1. The summed E-state index contributed by atoms with van der Waals surface area (Å²) in [7, 11) is 0. The van der Waals surface area contributed by atoms with Crippen LogP contribution in [0.5, 0.6) is 0 Å². The Kier molecular flexibility index (Phi) is 6.11. The molecule has 3 aromatic rings. The number of amides is 1. The van der Waals surface area contributed by atoms with Gasteiger partial charge in [-0.1, -0.05) is 17.8 Å². The summed E-state index contributed by atoms with van der Waals surface area (Å²) in [5, 5.41) is 21.1. The van der Waals surface area contributed by atoms with Gasteiger partial charge in [0.25, 0.3) is 5.91 Å². The van der Waals surface area contributed by atoms with Crippen LogP contribution in [-0.2, 0) is 6.54 Å². The molecule has 2 N–H and O–H groups in total. The predicted molar refractivity (Wildman–Crippen MR) is 109 cm³/mol. The molecule has 0 aliphatic rings. The Morgan fingerprint density at radius 1 is 1.36 bits per heavy atom. The Morgan fingerprint density at radius 3 is 2.89 bits per heavy atom. The van der Waals surface area contributed by atoms with Gasteiger partial charge in [-0.2, -0.15) is 10.4 Å². The largest absolute Gasteiger partial charge is 0.367 e. The molecule has 0 atom stereocenters. The van der Waals surface area contributed by atoms with E-state index < -0.39 is 0 Å². The third kappa shape index (κ3) is 4.40. The first kappa shape index (κ1) is 19.6. The molecule has 0 spiro atoms. The maximum Gasteiger partial charge on any atom is 0.251 e. The molecule has 0 saturated carbocycles. The molecule has 0 aliphatic carbocycles. The van der Waals surface area contributed by atoms with Gasteiger partial charge < -0.3 is 10.6 Å². The van der Waals surface area contributed by atoms with E-state index in [-0.39, 0.29) is 11.9 Å². The summed E-state index contributed by atoms with van der Waals surface area (Å²) in [6, 6.07) is 8.88. The highest BCUT2D eigenvalue weighted by Crippen LogP contribution is 2.23. The van der Waals surface area contributed by atoms with Crippen molar-refractivity contribution in [1.29, 1.82) is 5.26 Å². The van der Waals surface area contributed by atoms with E-state index in [1.807, 2.05) is 26.2 Å². The summed E-state index contributed by atoms with van der Waals surface area (Å²) in [5.74, 6) is 0.531. The number of nitrogens with zero attached hydrogens (tertiary/aromatic N) is 5. The Bertz CT molecular complexity index is 1040. The van der Waals surface area contributed by atoms with Crippen LogP contribution in [0, 0.1) is 11.3 Å². The first-order valence-electron chi connectivity index (χ1n) is 8.84. The van der Waals surface area contributed by atoms with Gasteiger partial charge in [0.15, 0.2) is 10.8 Å². The van der Waals surface area contributed by atoms with E-state index in [1.54, 1.807) is 35.1 Å². The average molecular weight is 395 g/mol. The maximum atomic E-state index is 12.3. The van der Waals surface area contributed by atoms with E-state index >= 15 is 0 Å². The van der Waals surface area contributed by atoms with Crippen LogP contribution in [0.15, 0.2) is 35.6 Å².